The molecule has 0 spiro atoms. The van der Waals surface area contributed by atoms with Crippen LogP contribution in [0, 0.1) is 35.5 Å². The van der Waals surface area contributed by atoms with Crippen LogP contribution >= 0.6 is 0 Å². The van der Waals surface area contributed by atoms with E-state index in [0.717, 1.165) is 68.6 Å². The number of benzene rings is 8. The summed E-state index contributed by atoms with van der Waals surface area (Å²) in [5.41, 5.74) is 20.5. The number of nitrogens with zero attached hydrogens (tertiary/aromatic N) is 2. The van der Waals surface area contributed by atoms with Gasteiger partial charge >= 0.3 is 6.85 Å². The number of furan rings is 2. The van der Waals surface area contributed by atoms with Crippen LogP contribution in [-0.2, 0) is 16.2 Å². The minimum atomic E-state index is -0.124. The molecule has 8 aromatic carbocycles. The Morgan fingerprint density at radius 3 is 1.80 bits per heavy atom. The molecule has 8 fully saturated rings. The molecule has 2 aliphatic heterocycles. The fourth-order valence-corrected chi connectivity index (χ4v) is 19.7. The minimum absolute atomic E-state index is 0.0220. The molecule has 11 aromatic rings. The van der Waals surface area contributed by atoms with Crippen molar-refractivity contribution in [3.05, 3.63) is 150 Å². The van der Waals surface area contributed by atoms with E-state index < -0.39 is 0 Å². The third-order valence-electron chi connectivity index (χ3n) is 21.9. The molecule has 8 saturated carbocycles. The number of para-hydroxylation sites is 1. The second-order valence-corrected chi connectivity index (χ2v) is 27.3. The normalized spacial score (nSPS) is 27.9. The van der Waals surface area contributed by atoms with Gasteiger partial charge in [0, 0.05) is 66.6 Å². The molecule has 366 valence electrons. The first-order chi connectivity index (χ1) is 36.6. The smallest absolute Gasteiger partial charge is 0.333 e. The Morgan fingerprint density at radius 2 is 1.11 bits per heavy atom. The Balaban J connectivity index is 0.961. The fourth-order valence-electron chi connectivity index (χ4n) is 19.7. The van der Waals surface area contributed by atoms with Gasteiger partial charge in [-0.15, -0.1) is 0 Å². The monoisotopic (exact) mass is 972 g/mol. The first-order valence-electron chi connectivity index (χ1n) is 29.0. The highest BCUT2D eigenvalue weighted by atomic mass is 16.3. The lowest BCUT2D eigenvalue weighted by Gasteiger charge is -2.57. The van der Waals surface area contributed by atoms with Gasteiger partial charge < -0.3 is 18.2 Å². The summed E-state index contributed by atoms with van der Waals surface area (Å²) in [5, 5.41) is 10.0. The van der Waals surface area contributed by atoms with Crippen molar-refractivity contribution in [3.63, 3.8) is 0 Å². The highest BCUT2D eigenvalue weighted by molar-refractivity contribution is 6.94. The number of hydrogen-bond donors (Lipinski definition) is 0. The van der Waals surface area contributed by atoms with Crippen LogP contribution in [0.4, 0.5) is 11.4 Å². The van der Waals surface area contributed by atoms with Crippen molar-refractivity contribution in [3.8, 4) is 16.8 Å². The summed E-state index contributed by atoms with van der Waals surface area (Å²) in [5.74, 6) is 5.25. The SMILES string of the molecule is CC(C)(C)c1ccc(N2B3c4c(cc5c(oc6ccccc65)c4-c4cc5c(cc42)oc2cc4ccccc4cc25)-n2c4ccc(C56CC7CC(CC(C7)C5)C6)cc4c4cc(C56CC7CC(CC(C7)C5)C6)cc3c42)cc1. The second kappa shape index (κ2) is 13.8. The van der Waals surface area contributed by atoms with Crippen molar-refractivity contribution in [2.75, 3.05) is 4.81 Å². The standard InChI is InChI=1S/C70H61BN2O2/c1-68(2,3)46-12-15-49(16-13-46)73-59-31-63-53(52-24-44-8-4-5-9-45(44)25-62(52)74-63)29-56(59)64-65-60(30-55-50-10-6-7-11-61(50)75-67(55)64)72-58-17-14-47(69-32-38-18-39(33-69)20-40(19-38)34-69)26-51(58)54-27-48(28-57(66(54)72)71(65)73)70-35-41-21-42(36-70)23-43(22-41)37-70/h4-17,24-31,38-43H,18-23,32-37H2,1-3H3. The van der Waals surface area contributed by atoms with E-state index >= 15 is 0 Å². The van der Waals surface area contributed by atoms with Gasteiger partial charge in [-0.05, 0) is 228 Å². The summed E-state index contributed by atoms with van der Waals surface area (Å²) >= 11 is 0. The third kappa shape index (κ3) is 5.41. The molecule has 0 unspecified atom stereocenters. The summed E-state index contributed by atoms with van der Waals surface area (Å²) < 4.78 is 17.1. The number of hydrogen-bond acceptors (Lipinski definition) is 3. The molecule has 0 saturated heterocycles. The Hall–Kier alpha value is -6.72. The molecular weight excluding hydrogens is 912 g/mol. The Kier molecular flexibility index (Phi) is 7.65. The largest absolute Gasteiger partial charge is 0.456 e. The van der Waals surface area contributed by atoms with Gasteiger partial charge in [0.2, 0.25) is 0 Å². The zero-order valence-electron chi connectivity index (χ0n) is 43.4. The molecule has 10 aliphatic rings. The average Bonchev–Trinajstić information content (AvgIpc) is 4.17. The first kappa shape index (κ1) is 41.5. The van der Waals surface area contributed by atoms with Crippen LogP contribution in [0.25, 0.3) is 93.3 Å². The lowest BCUT2D eigenvalue weighted by molar-refractivity contribution is -0.00526. The third-order valence-corrected chi connectivity index (χ3v) is 21.9. The predicted molar refractivity (Wildman–Crippen MR) is 310 cm³/mol. The maximum absolute atomic E-state index is 7.31. The zero-order valence-corrected chi connectivity index (χ0v) is 43.4. The van der Waals surface area contributed by atoms with Crippen molar-refractivity contribution >= 4 is 106 Å². The molecule has 0 radical (unpaired) electrons. The molecule has 3 aromatic heterocycles. The van der Waals surface area contributed by atoms with Gasteiger partial charge in [0.1, 0.15) is 22.3 Å². The molecule has 0 N–H and O–H groups in total. The molecule has 5 heterocycles. The number of fused-ring (bicyclic) bond motifs is 15. The Bertz CT molecular complexity index is 4310. The molecule has 0 amide bonds. The summed E-state index contributed by atoms with van der Waals surface area (Å²) in [6.07, 6.45) is 16.9. The maximum atomic E-state index is 7.31. The quantitative estimate of drug-likeness (QED) is 0.166. The second-order valence-electron chi connectivity index (χ2n) is 27.3. The molecule has 75 heavy (non-hydrogen) atoms. The van der Waals surface area contributed by atoms with E-state index in [1.165, 1.54) is 165 Å². The summed E-state index contributed by atoms with van der Waals surface area (Å²) in [4.78, 5) is 2.74. The van der Waals surface area contributed by atoms with E-state index in [2.05, 4.69) is 164 Å². The topological polar surface area (TPSA) is 34.5 Å². The summed E-state index contributed by atoms with van der Waals surface area (Å²) in [7, 11) is 0. The van der Waals surface area contributed by atoms with Crippen LogP contribution in [0.2, 0.25) is 0 Å². The van der Waals surface area contributed by atoms with Gasteiger partial charge in [-0.2, -0.15) is 0 Å². The maximum Gasteiger partial charge on any atom is 0.333 e. The van der Waals surface area contributed by atoms with Gasteiger partial charge in [0.25, 0.3) is 0 Å². The van der Waals surface area contributed by atoms with Gasteiger partial charge in [-0.3, -0.25) is 0 Å². The molecule has 5 heteroatoms. The lowest BCUT2D eigenvalue weighted by atomic mass is 9.42. The van der Waals surface area contributed by atoms with Crippen molar-refractivity contribution in [1.82, 2.24) is 4.57 Å². The summed E-state index contributed by atoms with van der Waals surface area (Å²) in [6, 6.07) is 52.7. The van der Waals surface area contributed by atoms with E-state index in [1.54, 1.807) is 11.1 Å². The molecule has 21 rings (SSSR count). The first-order valence-corrected chi connectivity index (χ1v) is 29.0. The van der Waals surface area contributed by atoms with E-state index in [1.807, 2.05) is 0 Å². The molecule has 8 aliphatic carbocycles. The fraction of sp³-hybridized carbons (Fsp3) is 0.343. The van der Waals surface area contributed by atoms with Crippen LogP contribution in [0.15, 0.2) is 142 Å². The molecular formula is C70H61BN2O2. The number of rotatable bonds is 3. The van der Waals surface area contributed by atoms with Gasteiger partial charge in [0.15, 0.2) is 0 Å². The van der Waals surface area contributed by atoms with Crippen molar-refractivity contribution in [2.45, 2.75) is 114 Å². The van der Waals surface area contributed by atoms with Gasteiger partial charge in [-0.25, -0.2) is 0 Å². The van der Waals surface area contributed by atoms with Crippen molar-refractivity contribution < 1.29 is 8.83 Å². The minimum Gasteiger partial charge on any atom is -0.456 e. The molecule has 8 bridgehead atoms. The Morgan fingerprint density at radius 1 is 0.493 bits per heavy atom. The highest BCUT2D eigenvalue weighted by Gasteiger charge is 2.55. The van der Waals surface area contributed by atoms with Crippen LogP contribution in [0.5, 0.6) is 0 Å². The van der Waals surface area contributed by atoms with Gasteiger partial charge in [0.05, 0.1) is 11.0 Å². The number of aromatic nitrogens is 1. The van der Waals surface area contributed by atoms with Crippen LogP contribution in [0.3, 0.4) is 0 Å². The van der Waals surface area contributed by atoms with Crippen LogP contribution in [0.1, 0.15) is 115 Å². The Labute approximate surface area is 438 Å². The van der Waals surface area contributed by atoms with Crippen LogP contribution < -0.4 is 15.7 Å². The molecule has 0 atom stereocenters. The predicted octanol–water partition coefficient (Wildman–Crippen LogP) is 17.2. The van der Waals surface area contributed by atoms with Gasteiger partial charge in [-0.1, -0.05) is 87.5 Å². The lowest BCUT2D eigenvalue weighted by Crippen LogP contribution is -2.61. The highest BCUT2D eigenvalue weighted by Crippen LogP contribution is 2.63. The average molecular weight is 973 g/mol. The van der Waals surface area contributed by atoms with E-state index in [4.69, 9.17) is 8.83 Å². The summed E-state index contributed by atoms with van der Waals surface area (Å²) in [6.45, 7) is 6.88. The van der Waals surface area contributed by atoms with E-state index in [-0.39, 0.29) is 17.7 Å². The van der Waals surface area contributed by atoms with E-state index in [9.17, 15) is 0 Å². The van der Waals surface area contributed by atoms with Crippen molar-refractivity contribution in [2.24, 2.45) is 35.5 Å². The van der Waals surface area contributed by atoms with Crippen molar-refractivity contribution in [1.29, 1.82) is 0 Å². The van der Waals surface area contributed by atoms with E-state index in [0.29, 0.717) is 5.41 Å². The molecule has 4 nitrogen and oxygen atoms in total. The zero-order chi connectivity index (χ0) is 49.0. The number of anilines is 2. The van der Waals surface area contributed by atoms with Crippen LogP contribution in [-0.4, -0.2) is 11.4 Å².